The molecule has 5 nitrogen and oxygen atoms in total. The average Bonchev–Trinajstić information content (AvgIpc) is 2.43. The number of likely N-dealkylation sites (N-methyl/N-ethyl adjacent to an activating group) is 2. The van der Waals surface area contributed by atoms with Gasteiger partial charge in [0.05, 0.1) is 6.54 Å². The summed E-state index contributed by atoms with van der Waals surface area (Å²) in [6.07, 6.45) is 0. The maximum Gasteiger partial charge on any atom is 0.244 e. The Morgan fingerprint density at radius 3 is 2.26 bits per heavy atom. The minimum atomic E-state index is -0.726. The highest BCUT2D eigenvalue weighted by Gasteiger charge is 2.23. The van der Waals surface area contributed by atoms with Crippen LogP contribution in [0, 0.1) is 0 Å². The van der Waals surface area contributed by atoms with E-state index in [0.717, 1.165) is 5.56 Å². The van der Waals surface area contributed by atoms with Crippen LogP contribution in [0.5, 0.6) is 0 Å². The zero-order chi connectivity index (χ0) is 14.4. The van der Waals surface area contributed by atoms with Gasteiger partial charge in [-0.2, -0.15) is 0 Å². The third-order valence-corrected chi connectivity index (χ3v) is 2.94. The summed E-state index contributed by atoms with van der Waals surface area (Å²) < 4.78 is 0. The Labute approximate surface area is 114 Å². The van der Waals surface area contributed by atoms with Gasteiger partial charge in [-0.3, -0.25) is 9.59 Å². The smallest absolute Gasteiger partial charge is 0.244 e. The van der Waals surface area contributed by atoms with Gasteiger partial charge in [-0.1, -0.05) is 30.3 Å². The van der Waals surface area contributed by atoms with E-state index in [-0.39, 0.29) is 18.4 Å². The van der Waals surface area contributed by atoms with Crippen molar-refractivity contribution in [2.75, 3.05) is 27.2 Å². The monoisotopic (exact) mass is 263 g/mol. The Kier molecular flexibility index (Phi) is 5.51. The molecule has 0 aliphatic rings. The Balaban J connectivity index is 2.76. The number of carbonyl (C=O) groups is 2. The van der Waals surface area contributed by atoms with Gasteiger partial charge in [0.25, 0.3) is 0 Å². The second kappa shape index (κ2) is 6.89. The predicted molar refractivity (Wildman–Crippen MR) is 74.3 cm³/mol. The van der Waals surface area contributed by atoms with Crippen LogP contribution in [-0.4, -0.2) is 48.8 Å². The fourth-order valence-electron chi connectivity index (χ4n) is 1.65. The second-order valence-electron chi connectivity index (χ2n) is 4.53. The van der Waals surface area contributed by atoms with E-state index in [2.05, 4.69) is 0 Å². The van der Waals surface area contributed by atoms with E-state index < -0.39 is 6.04 Å². The third kappa shape index (κ3) is 4.06. The number of nitrogens with two attached hydrogens (primary N) is 1. The molecule has 19 heavy (non-hydrogen) atoms. The van der Waals surface area contributed by atoms with Crippen molar-refractivity contribution in [3.05, 3.63) is 35.9 Å². The Morgan fingerprint density at radius 1 is 1.21 bits per heavy atom. The minimum Gasteiger partial charge on any atom is -0.347 e. The van der Waals surface area contributed by atoms with E-state index in [1.54, 1.807) is 14.1 Å². The first-order valence-electron chi connectivity index (χ1n) is 6.26. The van der Waals surface area contributed by atoms with Crippen LogP contribution in [0.2, 0.25) is 0 Å². The van der Waals surface area contributed by atoms with Crippen molar-refractivity contribution in [3.63, 3.8) is 0 Å². The minimum absolute atomic E-state index is 0.0584. The lowest BCUT2D eigenvalue weighted by Gasteiger charge is -2.25. The van der Waals surface area contributed by atoms with Crippen LogP contribution in [0.1, 0.15) is 18.5 Å². The van der Waals surface area contributed by atoms with Crippen LogP contribution in [-0.2, 0) is 9.59 Å². The summed E-state index contributed by atoms with van der Waals surface area (Å²) in [4.78, 5) is 26.9. The van der Waals surface area contributed by atoms with Crippen molar-refractivity contribution in [2.45, 2.75) is 13.0 Å². The number of rotatable bonds is 5. The first-order chi connectivity index (χ1) is 8.97. The molecule has 0 heterocycles. The van der Waals surface area contributed by atoms with Gasteiger partial charge in [0.15, 0.2) is 0 Å². The summed E-state index contributed by atoms with van der Waals surface area (Å²) in [6.45, 7) is 2.35. The molecule has 0 aromatic heterocycles. The Bertz CT molecular complexity index is 432. The number of benzene rings is 1. The van der Waals surface area contributed by atoms with E-state index in [0.29, 0.717) is 6.54 Å². The van der Waals surface area contributed by atoms with Gasteiger partial charge in [-0.05, 0) is 12.5 Å². The quantitative estimate of drug-likeness (QED) is 0.847. The number of nitrogens with zero attached hydrogens (tertiary/aromatic N) is 2. The van der Waals surface area contributed by atoms with Crippen LogP contribution in [0.4, 0.5) is 0 Å². The summed E-state index contributed by atoms with van der Waals surface area (Å²) in [5.41, 5.74) is 6.70. The van der Waals surface area contributed by atoms with Gasteiger partial charge < -0.3 is 15.5 Å². The van der Waals surface area contributed by atoms with E-state index in [1.165, 1.54) is 9.80 Å². The number of amides is 2. The normalized spacial score (nSPS) is 11.8. The van der Waals surface area contributed by atoms with Crippen molar-refractivity contribution in [2.24, 2.45) is 5.73 Å². The molecular weight excluding hydrogens is 242 g/mol. The van der Waals surface area contributed by atoms with E-state index in [1.807, 2.05) is 37.3 Å². The van der Waals surface area contributed by atoms with Crippen molar-refractivity contribution < 1.29 is 9.59 Å². The number of carbonyl (C=O) groups excluding carboxylic acids is 2. The number of hydrogen-bond acceptors (Lipinski definition) is 3. The highest BCUT2D eigenvalue weighted by molar-refractivity contribution is 5.88. The van der Waals surface area contributed by atoms with Crippen molar-refractivity contribution in [3.8, 4) is 0 Å². The highest BCUT2D eigenvalue weighted by atomic mass is 16.2. The van der Waals surface area contributed by atoms with Crippen LogP contribution in [0.15, 0.2) is 30.3 Å². The van der Waals surface area contributed by atoms with Crippen LogP contribution < -0.4 is 5.73 Å². The molecule has 5 heteroatoms. The molecule has 0 unspecified atom stereocenters. The summed E-state index contributed by atoms with van der Waals surface area (Å²) >= 11 is 0. The molecule has 0 aliphatic carbocycles. The Hall–Kier alpha value is -1.88. The van der Waals surface area contributed by atoms with Gasteiger partial charge in [-0.25, -0.2) is 0 Å². The standard InChI is InChI=1S/C14H21N3O2/c1-4-17(10-12(18)16(2)3)14(19)13(15)11-8-6-5-7-9-11/h5-9,13H,4,10,15H2,1-3H3/t13-/m0/s1. The SMILES string of the molecule is CCN(CC(=O)N(C)C)C(=O)[C@@H](N)c1ccccc1. The maximum absolute atomic E-state index is 12.3. The first kappa shape index (κ1) is 15.2. The van der Waals surface area contributed by atoms with Gasteiger partial charge in [0, 0.05) is 20.6 Å². The molecule has 0 fully saturated rings. The van der Waals surface area contributed by atoms with Gasteiger partial charge in [0.2, 0.25) is 11.8 Å². The van der Waals surface area contributed by atoms with E-state index >= 15 is 0 Å². The fraction of sp³-hybridized carbons (Fsp3) is 0.429. The fourth-order valence-corrected chi connectivity index (χ4v) is 1.65. The third-order valence-electron chi connectivity index (χ3n) is 2.94. The molecule has 1 atom stereocenters. The molecule has 0 spiro atoms. The lowest BCUT2D eigenvalue weighted by molar-refractivity contribution is -0.139. The first-order valence-corrected chi connectivity index (χ1v) is 6.26. The molecule has 0 aliphatic heterocycles. The summed E-state index contributed by atoms with van der Waals surface area (Å²) in [6, 6.07) is 8.44. The summed E-state index contributed by atoms with van der Waals surface area (Å²) in [5.74, 6) is -0.348. The van der Waals surface area contributed by atoms with Crippen LogP contribution >= 0.6 is 0 Å². The van der Waals surface area contributed by atoms with Gasteiger partial charge >= 0.3 is 0 Å². The molecule has 104 valence electrons. The molecule has 0 radical (unpaired) electrons. The highest BCUT2D eigenvalue weighted by Crippen LogP contribution is 2.12. The topological polar surface area (TPSA) is 66.6 Å². The van der Waals surface area contributed by atoms with Crippen LogP contribution in [0.3, 0.4) is 0 Å². The van der Waals surface area contributed by atoms with Crippen molar-refractivity contribution in [1.82, 2.24) is 9.80 Å². The zero-order valence-corrected chi connectivity index (χ0v) is 11.7. The molecule has 2 amide bonds. The molecule has 0 saturated heterocycles. The van der Waals surface area contributed by atoms with Gasteiger partial charge in [0.1, 0.15) is 6.04 Å². The molecule has 1 rings (SSSR count). The zero-order valence-electron chi connectivity index (χ0n) is 11.7. The molecule has 2 N–H and O–H groups in total. The molecule has 0 saturated carbocycles. The lowest BCUT2D eigenvalue weighted by Crippen LogP contribution is -2.44. The summed E-state index contributed by atoms with van der Waals surface area (Å²) in [7, 11) is 3.33. The lowest BCUT2D eigenvalue weighted by atomic mass is 10.1. The van der Waals surface area contributed by atoms with E-state index in [4.69, 9.17) is 5.73 Å². The largest absolute Gasteiger partial charge is 0.347 e. The Morgan fingerprint density at radius 2 is 1.79 bits per heavy atom. The predicted octanol–water partition coefficient (Wildman–Crippen LogP) is 0.623. The van der Waals surface area contributed by atoms with Crippen molar-refractivity contribution in [1.29, 1.82) is 0 Å². The molecular formula is C14H21N3O2. The van der Waals surface area contributed by atoms with Crippen LogP contribution in [0.25, 0.3) is 0 Å². The average molecular weight is 263 g/mol. The summed E-state index contributed by atoms with van der Waals surface area (Å²) in [5, 5.41) is 0. The molecule has 1 aromatic carbocycles. The maximum atomic E-state index is 12.3. The van der Waals surface area contributed by atoms with E-state index in [9.17, 15) is 9.59 Å². The number of hydrogen-bond donors (Lipinski definition) is 1. The molecule has 0 bridgehead atoms. The van der Waals surface area contributed by atoms with Gasteiger partial charge in [-0.15, -0.1) is 0 Å². The molecule has 1 aromatic rings. The second-order valence-corrected chi connectivity index (χ2v) is 4.53. The van der Waals surface area contributed by atoms with Crippen molar-refractivity contribution >= 4 is 11.8 Å².